The number of piperidine rings is 1. The predicted octanol–water partition coefficient (Wildman–Crippen LogP) is -0.128. The minimum Gasteiger partial charge on any atom is -0.477 e. The van der Waals surface area contributed by atoms with E-state index in [1.54, 1.807) is 12.0 Å². The van der Waals surface area contributed by atoms with Crippen molar-refractivity contribution < 1.29 is 29.0 Å². The first-order valence-electron chi connectivity index (χ1n) is 6.89. The maximum absolute atomic E-state index is 11.9. The van der Waals surface area contributed by atoms with Gasteiger partial charge in [0.15, 0.2) is 5.71 Å². The van der Waals surface area contributed by atoms with Crippen molar-refractivity contribution in [1.29, 1.82) is 0 Å². The first-order valence-corrected chi connectivity index (χ1v) is 6.89. The minimum atomic E-state index is -1.04. The van der Waals surface area contributed by atoms with Crippen LogP contribution in [0.15, 0.2) is 5.16 Å². The predicted molar refractivity (Wildman–Crippen MR) is 72.0 cm³/mol. The number of carbonyl (C=O) groups is 2. The Morgan fingerprint density at radius 3 is 2.67 bits per heavy atom. The fourth-order valence-corrected chi connectivity index (χ4v) is 2.46. The van der Waals surface area contributed by atoms with Gasteiger partial charge in [0.25, 0.3) is 0 Å². The van der Waals surface area contributed by atoms with Crippen LogP contribution in [0.25, 0.3) is 0 Å². The zero-order valence-electron chi connectivity index (χ0n) is 12.0. The van der Waals surface area contributed by atoms with Gasteiger partial charge < -0.3 is 24.3 Å². The Hall–Kier alpha value is -1.67. The molecule has 0 aromatic rings. The third-order valence-electron chi connectivity index (χ3n) is 3.77. The second kappa shape index (κ2) is 6.86. The lowest BCUT2D eigenvalue weighted by Crippen LogP contribution is -2.48. The van der Waals surface area contributed by atoms with Crippen LogP contribution in [0.1, 0.15) is 19.3 Å². The number of carboxylic acids is 1. The van der Waals surface area contributed by atoms with Gasteiger partial charge in [-0.1, -0.05) is 5.16 Å². The number of hydrogen-bond donors (Lipinski definition) is 1. The van der Waals surface area contributed by atoms with Crippen LogP contribution in [0.2, 0.25) is 0 Å². The molecule has 118 valence electrons. The molecule has 0 unspecified atom stereocenters. The van der Waals surface area contributed by atoms with Crippen LogP contribution in [-0.2, 0) is 23.9 Å². The lowest BCUT2D eigenvalue weighted by Gasteiger charge is -2.37. The summed E-state index contributed by atoms with van der Waals surface area (Å²) in [5.74, 6) is -1.12. The summed E-state index contributed by atoms with van der Waals surface area (Å²) in [6, 6.07) is 0. The van der Waals surface area contributed by atoms with E-state index in [2.05, 4.69) is 5.16 Å². The molecule has 21 heavy (non-hydrogen) atoms. The highest BCUT2D eigenvalue weighted by molar-refractivity contribution is 6.36. The fourth-order valence-electron chi connectivity index (χ4n) is 2.46. The van der Waals surface area contributed by atoms with Gasteiger partial charge in [0.2, 0.25) is 5.91 Å². The molecule has 0 atom stereocenters. The van der Waals surface area contributed by atoms with Crippen molar-refractivity contribution >= 4 is 17.6 Å². The van der Waals surface area contributed by atoms with E-state index in [4.69, 9.17) is 19.4 Å². The zero-order chi connectivity index (χ0) is 15.3. The van der Waals surface area contributed by atoms with Crippen molar-refractivity contribution in [3.8, 4) is 0 Å². The number of carbonyl (C=O) groups excluding carboxylic acids is 1. The van der Waals surface area contributed by atoms with Crippen LogP contribution in [0.3, 0.4) is 0 Å². The summed E-state index contributed by atoms with van der Waals surface area (Å²) in [6.07, 6.45) is 1.46. The highest BCUT2D eigenvalue weighted by atomic mass is 16.7. The lowest BCUT2D eigenvalue weighted by atomic mass is 9.87. The van der Waals surface area contributed by atoms with Gasteiger partial charge >= 0.3 is 5.97 Å². The maximum atomic E-state index is 11.9. The Morgan fingerprint density at radius 2 is 2.10 bits per heavy atom. The molecule has 2 heterocycles. The molecule has 0 aromatic carbocycles. The maximum Gasteiger partial charge on any atom is 0.353 e. The molecule has 1 saturated heterocycles. The van der Waals surface area contributed by atoms with Gasteiger partial charge in [-0.3, -0.25) is 4.79 Å². The van der Waals surface area contributed by atoms with Crippen molar-refractivity contribution in [1.82, 2.24) is 4.90 Å². The summed E-state index contributed by atoms with van der Waals surface area (Å²) < 4.78 is 10.0. The Bertz CT molecular complexity index is 428. The number of nitrogens with zero attached hydrogens (tertiary/aromatic N) is 2. The van der Waals surface area contributed by atoms with Crippen molar-refractivity contribution in [2.75, 3.05) is 40.0 Å². The largest absolute Gasteiger partial charge is 0.477 e. The second-order valence-electron chi connectivity index (χ2n) is 5.22. The SMILES string of the molecule is COCCOCC(=O)N1CCC2(CC1)CC(C(=O)O)=NO2. The average molecular weight is 300 g/mol. The molecule has 1 amide bonds. The molecule has 2 rings (SSSR count). The minimum absolute atomic E-state index is 0.0358. The van der Waals surface area contributed by atoms with Gasteiger partial charge in [-0.2, -0.15) is 0 Å². The standard InChI is InChI=1S/C13H20N2O6/c1-19-6-7-20-9-11(16)15-4-2-13(3-5-15)8-10(12(17)18)14-21-13/h2-9H2,1H3,(H,17,18). The summed E-state index contributed by atoms with van der Waals surface area (Å²) in [6.45, 7) is 1.93. The zero-order valence-corrected chi connectivity index (χ0v) is 12.0. The Balaban J connectivity index is 1.74. The Kier molecular flexibility index (Phi) is 5.13. The monoisotopic (exact) mass is 300 g/mol. The van der Waals surface area contributed by atoms with Gasteiger partial charge in [-0.15, -0.1) is 0 Å². The molecule has 0 radical (unpaired) electrons. The van der Waals surface area contributed by atoms with Crippen molar-refractivity contribution in [2.24, 2.45) is 5.16 Å². The second-order valence-corrected chi connectivity index (χ2v) is 5.22. The lowest BCUT2D eigenvalue weighted by molar-refractivity contribution is -0.142. The first-order chi connectivity index (χ1) is 10.1. The van der Waals surface area contributed by atoms with E-state index in [0.29, 0.717) is 45.6 Å². The van der Waals surface area contributed by atoms with Crippen molar-refractivity contribution in [3.63, 3.8) is 0 Å². The molecular weight excluding hydrogens is 280 g/mol. The van der Waals surface area contributed by atoms with E-state index in [0.717, 1.165) is 0 Å². The highest BCUT2D eigenvalue weighted by Crippen LogP contribution is 2.34. The topological polar surface area (TPSA) is 97.7 Å². The number of methoxy groups -OCH3 is 1. The number of hydrogen-bond acceptors (Lipinski definition) is 6. The highest BCUT2D eigenvalue weighted by Gasteiger charge is 2.44. The van der Waals surface area contributed by atoms with Crippen molar-refractivity contribution in [2.45, 2.75) is 24.9 Å². The molecule has 8 nitrogen and oxygen atoms in total. The quantitative estimate of drug-likeness (QED) is 0.686. The van der Waals surface area contributed by atoms with E-state index < -0.39 is 11.6 Å². The molecule has 1 fully saturated rings. The van der Waals surface area contributed by atoms with E-state index in [1.165, 1.54) is 0 Å². The number of amides is 1. The molecule has 8 heteroatoms. The number of likely N-dealkylation sites (tertiary alicyclic amines) is 1. The van der Waals surface area contributed by atoms with E-state index in [-0.39, 0.29) is 18.2 Å². The van der Waals surface area contributed by atoms with Crippen LogP contribution in [0.4, 0.5) is 0 Å². The van der Waals surface area contributed by atoms with Gasteiger partial charge in [0, 0.05) is 39.5 Å². The number of oxime groups is 1. The molecule has 0 aliphatic carbocycles. The van der Waals surface area contributed by atoms with Crippen LogP contribution in [-0.4, -0.2) is 73.2 Å². The smallest absolute Gasteiger partial charge is 0.353 e. The Morgan fingerprint density at radius 1 is 1.38 bits per heavy atom. The fraction of sp³-hybridized carbons (Fsp3) is 0.769. The van der Waals surface area contributed by atoms with Crippen LogP contribution >= 0.6 is 0 Å². The van der Waals surface area contributed by atoms with Crippen LogP contribution in [0, 0.1) is 0 Å². The number of rotatable bonds is 6. The number of ether oxygens (including phenoxy) is 2. The van der Waals surface area contributed by atoms with E-state index in [9.17, 15) is 9.59 Å². The van der Waals surface area contributed by atoms with Gasteiger partial charge in [-0.25, -0.2) is 4.79 Å². The Labute approximate surface area is 122 Å². The molecule has 2 aliphatic rings. The summed E-state index contributed by atoms with van der Waals surface area (Å²) >= 11 is 0. The third kappa shape index (κ3) is 3.92. The molecular formula is C13H20N2O6. The molecule has 1 N–H and O–H groups in total. The number of aliphatic carboxylic acids is 1. The summed E-state index contributed by atoms with van der Waals surface area (Å²) in [4.78, 5) is 29.8. The van der Waals surface area contributed by atoms with Gasteiger partial charge in [0.1, 0.15) is 12.2 Å². The molecule has 1 spiro atoms. The number of carboxylic acid groups (broad SMARTS) is 1. The molecule has 0 bridgehead atoms. The van der Waals surface area contributed by atoms with Crippen LogP contribution in [0.5, 0.6) is 0 Å². The summed E-state index contributed by atoms with van der Waals surface area (Å²) in [5.41, 5.74) is -0.501. The average Bonchev–Trinajstić information content (AvgIpc) is 2.88. The van der Waals surface area contributed by atoms with Crippen LogP contribution < -0.4 is 0 Å². The molecule has 0 saturated carbocycles. The molecule has 2 aliphatic heterocycles. The van der Waals surface area contributed by atoms with E-state index in [1.807, 2.05) is 0 Å². The van der Waals surface area contributed by atoms with Gasteiger partial charge in [-0.05, 0) is 0 Å². The third-order valence-corrected chi connectivity index (χ3v) is 3.77. The van der Waals surface area contributed by atoms with E-state index >= 15 is 0 Å². The summed E-state index contributed by atoms with van der Waals surface area (Å²) in [7, 11) is 1.57. The normalized spacial score (nSPS) is 20.2. The van der Waals surface area contributed by atoms with Gasteiger partial charge in [0.05, 0.1) is 13.2 Å². The van der Waals surface area contributed by atoms with Crippen molar-refractivity contribution in [3.05, 3.63) is 0 Å². The first kappa shape index (κ1) is 15.7. The summed E-state index contributed by atoms with van der Waals surface area (Å²) in [5, 5.41) is 12.5. The molecule has 0 aromatic heterocycles.